The van der Waals surface area contributed by atoms with Crippen molar-refractivity contribution >= 4 is 100 Å². The second-order valence-corrected chi connectivity index (χ2v) is 28.3. The Morgan fingerprint density at radius 3 is 1.40 bits per heavy atom. The molecule has 0 spiro atoms. The number of aryl methyl sites for hydroxylation is 6. The van der Waals surface area contributed by atoms with Crippen molar-refractivity contribution in [3.05, 3.63) is 144 Å². The van der Waals surface area contributed by atoms with Gasteiger partial charge in [-0.15, -0.1) is 0 Å². The molecule has 10 heterocycles. The van der Waals surface area contributed by atoms with Crippen LogP contribution in [0.4, 0.5) is 15.5 Å². The van der Waals surface area contributed by atoms with E-state index in [0.717, 1.165) is 121 Å². The summed E-state index contributed by atoms with van der Waals surface area (Å²) >= 11 is -1.50. The molecule has 4 atom stereocenters. The van der Waals surface area contributed by atoms with Gasteiger partial charge in [0.1, 0.15) is 34.0 Å². The number of likely N-dealkylation sites (tertiary alicyclic amines) is 2. The monoisotopic (exact) mass is 1460 g/mol. The van der Waals surface area contributed by atoms with Gasteiger partial charge in [-0.1, -0.05) is 60.6 Å². The number of fused-ring (bicyclic) bond motifs is 2. The molecule has 0 aliphatic carbocycles. The highest BCUT2D eigenvalue weighted by molar-refractivity contribution is 7.90. The van der Waals surface area contributed by atoms with Crippen molar-refractivity contribution in [3.8, 4) is 56.4 Å². The quantitative estimate of drug-likeness (QED) is 0.127. The van der Waals surface area contributed by atoms with Crippen LogP contribution in [0.25, 0.3) is 78.5 Å². The third kappa shape index (κ3) is 19.7. The van der Waals surface area contributed by atoms with Gasteiger partial charge in [-0.05, 0) is 167 Å². The molecule has 100 heavy (non-hydrogen) atoms. The first kappa shape index (κ1) is 80.0. The SMILES string of the molecule is C[C@H]1CCN(C(=O)OC(C)(C)C)C[C@H]1N.Cc1cnc(N[C@@H]2CN(C(=O)OC(C)(C)C)CC[C@@H]2C)nc1-c1cn(-c2ccccc2)c2nc(-c3c(C)noc3C)ccc12.Cc1cnc(S(C)(=O)=O)nc1-c1cn(-c2ccccc2)c2nc(-c3c(C)noc3C)ccc12.O=S=O.O=S=O.S.S. The lowest BCUT2D eigenvalue weighted by Gasteiger charge is -2.38. The molecule has 8 aromatic heterocycles. The summed E-state index contributed by atoms with van der Waals surface area (Å²) in [5.41, 5.74) is 18.1. The van der Waals surface area contributed by atoms with E-state index in [1.807, 2.05) is 167 Å². The van der Waals surface area contributed by atoms with E-state index in [0.29, 0.717) is 54.5 Å². The fraction of sp³-hybridized carbons (Fsp3) is 0.391. The van der Waals surface area contributed by atoms with Gasteiger partial charge >= 0.3 is 35.3 Å². The van der Waals surface area contributed by atoms with E-state index in [4.69, 9.17) is 56.0 Å². The Labute approximate surface area is 602 Å². The minimum absolute atomic E-state index is 0. The first-order valence-corrected chi connectivity index (χ1v) is 34.8. The number of aromatic nitrogens is 10. The number of amides is 2. The number of nitrogens with two attached hydrogens (primary N) is 1. The number of nitrogens with zero attached hydrogens (tertiary/aromatic N) is 12. The molecule has 2 aliphatic rings. The molecule has 2 aromatic carbocycles. The molecule has 31 heteroatoms. The van der Waals surface area contributed by atoms with Gasteiger partial charge in [0.15, 0.2) is 0 Å². The average molecular weight is 1460 g/mol. The van der Waals surface area contributed by atoms with Crippen LogP contribution in [0, 0.1) is 53.4 Å². The van der Waals surface area contributed by atoms with Gasteiger partial charge in [0.05, 0.1) is 45.3 Å². The van der Waals surface area contributed by atoms with E-state index in [9.17, 15) is 18.0 Å². The summed E-state index contributed by atoms with van der Waals surface area (Å²) in [5, 5.41) is 13.3. The number of piperidine rings is 2. The van der Waals surface area contributed by atoms with Crippen molar-refractivity contribution in [2.45, 2.75) is 138 Å². The van der Waals surface area contributed by atoms with Crippen molar-refractivity contribution in [1.82, 2.24) is 59.2 Å². The summed E-state index contributed by atoms with van der Waals surface area (Å²) in [6.45, 7) is 29.6. The van der Waals surface area contributed by atoms with Crippen molar-refractivity contribution in [2.75, 3.05) is 37.8 Å². The van der Waals surface area contributed by atoms with Gasteiger partial charge in [0, 0.05) is 103 Å². The number of sulfone groups is 1. The summed E-state index contributed by atoms with van der Waals surface area (Å²) < 4.78 is 83.2. The Bertz CT molecular complexity index is 4630. The number of anilines is 1. The van der Waals surface area contributed by atoms with Crippen molar-refractivity contribution in [1.29, 1.82) is 0 Å². The molecule has 0 unspecified atom stereocenters. The summed E-state index contributed by atoms with van der Waals surface area (Å²) in [6.07, 6.45) is 9.80. The smallest absolute Gasteiger partial charge is 0.410 e. The molecule has 10 aromatic rings. The predicted molar refractivity (Wildman–Crippen MR) is 394 cm³/mol. The van der Waals surface area contributed by atoms with Crippen molar-refractivity contribution < 1.29 is 53.4 Å². The van der Waals surface area contributed by atoms with E-state index in [-0.39, 0.29) is 56.4 Å². The number of ether oxygens (including phenoxy) is 2. The van der Waals surface area contributed by atoms with Gasteiger partial charge < -0.3 is 48.5 Å². The van der Waals surface area contributed by atoms with Crippen LogP contribution in [0.3, 0.4) is 0 Å². The van der Waals surface area contributed by atoms with Crippen LogP contribution >= 0.6 is 27.0 Å². The van der Waals surface area contributed by atoms with E-state index in [1.54, 1.807) is 9.80 Å². The zero-order valence-corrected chi connectivity index (χ0v) is 63.0. The van der Waals surface area contributed by atoms with Crippen LogP contribution < -0.4 is 11.1 Å². The molecular weight excluding hydrogens is 1380 g/mol. The molecule has 3 N–H and O–H groups in total. The second-order valence-electron chi connectivity index (χ2n) is 26.1. The fourth-order valence-electron chi connectivity index (χ4n) is 11.3. The zero-order chi connectivity index (χ0) is 71.6. The molecule has 2 fully saturated rings. The minimum Gasteiger partial charge on any atom is -0.444 e. The minimum atomic E-state index is -3.56. The Hall–Kier alpha value is -9.01. The number of pyridine rings is 2. The van der Waals surface area contributed by atoms with Gasteiger partial charge in [-0.25, -0.2) is 47.9 Å². The number of hydrogen-bond donors (Lipinski definition) is 2. The predicted octanol–water partition coefficient (Wildman–Crippen LogP) is 12.1. The number of rotatable bonds is 9. The maximum absolute atomic E-state index is 12.8. The van der Waals surface area contributed by atoms with Gasteiger partial charge in [0.25, 0.3) is 0 Å². The normalized spacial score (nSPS) is 15.9. The Balaban J connectivity index is 0.000000247. The zero-order valence-electron chi connectivity index (χ0n) is 58.5. The van der Waals surface area contributed by atoms with Crippen LogP contribution in [0.15, 0.2) is 124 Å². The van der Waals surface area contributed by atoms with Crippen molar-refractivity contribution in [2.24, 2.45) is 17.6 Å². The van der Waals surface area contributed by atoms with Crippen LogP contribution in [0.5, 0.6) is 0 Å². The molecule has 26 nitrogen and oxygen atoms in total. The molecule has 534 valence electrons. The maximum Gasteiger partial charge on any atom is 0.410 e. The number of nitrogens with one attached hydrogen (secondary N) is 1. The number of benzene rings is 2. The standard InChI is InChI=1S/C34H39N7O3.C24H21N5O3S.C11H22N2O2.2O2S.2H2S/c1-20-15-16-40(33(42)43-34(5,6)7)19-28(20)37-32-35-17-21(2)30(38-32)26-18-41(24-11-9-8-10-12-24)31-25(26)13-14-27(36-31)29-22(3)39-44-23(29)4;1-14-12-25-24(33(4,30)31)27-22(14)19-13-29(17-8-6-5-7-9-17)23-18(19)10-11-20(26-23)21-15(2)28-32-16(21)3;1-8-5-6-13(7-9(8)12)10(14)15-11(2,3)4;2*1-3-2;;/h8-14,17-18,20,28H,15-16,19H2,1-7H3,(H,35,37,38);5-13H,1-4H3;8-9H,5-7,12H2,1-4H3;;;2*1H2/t20-,28+;;8-,9+;;;;/m0.0..../s1. The summed E-state index contributed by atoms with van der Waals surface area (Å²) in [4.78, 5) is 56.2. The third-order valence-corrected chi connectivity index (χ3v) is 17.2. The second kappa shape index (κ2) is 34.4. The molecule has 2 amide bonds. The topological polar surface area (TPSA) is 339 Å². The Morgan fingerprint density at radius 1 is 0.590 bits per heavy atom. The van der Waals surface area contributed by atoms with Crippen LogP contribution in [-0.2, 0) is 42.5 Å². The number of carbonyl (C=O) groups excluding carboxylic acids is 2. The lowest BCUT2D eigenvalue weighted by atomic mass is 9.94. The molecule has 0 bridgehead atoms. The van der Waals surface area contributed by atoms with Gasteiger partial charge in [-0.3, -0.25) is 0 Å². The molecule has 2 saturated heterocycles. The van der Waals surface area contributed by atoms with E-state index < -0.39 is 44.2 Å². The highest BCUT2D eigenvalue weighted by Crippen LogP contribution is 2.38. The van der Waals surface area contributed by atoms with Crippen LogP contribution in [0.2, 0.25) is 0 Å². The molecule has 0 saturated carbocycles. The first-order chi connectivity index (χ1) is 46.3. The van der Waals surface area contributed by atoms with E-state index in [2.05, 4.69) is 73.4 Å². The van der Waals surface area contributed by atoms with Crippen molar-refractivity contribution in [3.63, 3.8) is 0 Å². The lowest BCUT2D eigenvalue weighted by molar-refractivity contribution is 0.0161. The number of para-hydroxylation sites is 2. The van der Waals surface area contributed by atoms with E-state index in [1.165, 1.54) is 6.20 Å². The Kier molecular flexibility index (Phi) is 27.5. The molecule has 0 radical (unpaired) electrons. The fourth-order valence-corrected chi connectivity index (χ4v) is 11.8. The lowest BCUT2D eigenvalue weighted by Crippen LogP contribution is -2.50. The summed E-state index contributed by atoms with van der Waals surface area (Å²) in [5.74, 6) is 2.77. The largest absolute Gasteiger partial charge is 0.444 e. The maximum atomic E-state index is 12.8. The van der Waals surface area contributed by atoms with Gasteiger partial charge in [-0.2, -0.15) is 43.8 Å². The first-order valence-electron chi connectivity index (χ1n) is 31.6. The van der Waals surface area contributed by atoms with Crippen LogP contribution in [-0.4, -0.2) is 152 Å². The van der Waals surface area contributed by atoms with E-state index >= 15 is 0 Å². The molecule has 12 rings (SSSR count). The Morgan fingerprint density at radius 2 is 1.00 bits per heavy atom. The summed E-state index contributed by atoms with van der Waals surface area (Å²) in [7, 11) is -3.56. The third-order valence-electron chi connectivity index (χ3n) is 16.3. The average Bonchev–Trinajstić information content (AvgIpc) is 1.60. The molecular formula is C69H86N14O12S5. The number of hydrogen-bond acceptors (Lipinski definition) is 22. The number of carbonyl (C=O) groups is 2. The molecule has 2 aliphatic heterocycles. The van der Waals surface area contributed by atoms with Gasteiger partial charge in [0.2, 0.25) is 20.9 Å². The highest BCUT2D eigenvalue weighted by Gasteiger charge is 2.33. The summed E-state index contributed by atoms with van der Waals surface area (Å²) in [6, 6.07) is 28.1. The van der Waals surface area contributed by atoms with Crippen LogP contribution in [0.1, 0.15) is 102 Å². The highest BCUT2D eigenvalue weighted by atomic mass is 32.2.